The minimum Gasteiger partial charge on any atom is -0.483 e. The molecule has 8 heteroatoms. The maximum Gasteiger partial charge on any atom is 0.416 e. The molecule has 0 saturated heterocycles. The summed E-state index contributed by atoms with van der Waals surface area (Å²) in [5.41, 5.74) is 3.67. The molecule has 1 amide bonds. The van der Waals surface area contributed by atoms with E-state index in [-0.39, 0.29) is 23.7 Å². The van der Waals surface area contributed by atoms with Crippen LogP contribution >= 0.6 is 0 Å². The van der Waals surface area contributed by atoms with Gasteiger partial charge in [0.05, 0.1) is 11.8 Å². The average molecular weight is 464 g/mol. The molecular weight excluding hydrogens is 445 g/mol. The molecule has 0 spiro atoms. The highest BCUT2D eigenvalue weighted by atomic mass is 19.4. The summed E-state index contributed by atoms with van der Waals surface area (Å²) in [5, 5.41) is 3.82. The number of amides is 1. The Balaban J connectivity index is 1.34. The van der Waals surface area contributed by atoms with Crippen LogP contribution in [0.2, 0.25) is 0 Å². The Bertz CT molecular complexity index is 1300. The van der Waals surface area contributed by atoms with Crippen molar-refractivity contribution in [2.75, 3.05) is 6.61 Å². The van der Waals surface area contributed by atoms with E-state index in [2.05, 4.69) is 10.5 Å². The van der Waals surface area contributed by atoms with Crippen LogP contribution in [0.15, 0.2) is 101 Å². The van der Waals surface area contributed by atoms with E-state index in [9.17, 15) is 18.0 Å². The monoisotopic (exact) mass is 464 g/mol. The fourth-order valence-corrected chi connectivity index (χ4v) is 3.22. The number of carbonyl (C=O) groups is 1. The van der Waals surface area contributed by atoms with Gasteiger partial charge in [-0.2, -0.15) is 18.3 Å². The van der Waals surface area contributed by atoms with Crippen LogP contribution in [-0.2, 0) is 11.0 Å². The van der Waals surface area contributed by atoms with Crippen molar-refractivity contribution in [3.63, 3.8) is 0 Å². The lowest BCUT2D eigenvalue weighted by molar-refractivity contribution is -0.137. The number of halogens is 3. The molecule has 4 rings (SSSR count). The number of hydrogen-bond donors (Lipinski definition) is 1. The highest BCUT2D eigenvalue weighted by Gasteiger charge is 2.30. The third-order valence-corrected chi connectivity index (χ3v) is 4.81. The largest absolute Gasteiger partial charge is 0.483 e. The number of hydrogen-bond acceptors (Lipinski definition) is 4. The van der Waals surface area contributed by atoms with Crippen molar-refractivity contribution in [2.45, 2.75) is 6.18 Å². The number of rotatable bonds is 7. The van der Waals surface area contributed by atoms with Crippen LogP contribution < -0.4 is 10.2 Å². The molecule has 0 aliphatic carbocycles. The average Bonchev–Trinajstić information content (AvgIpc) is 3.32. The molecule has 0 radical (unpaired) electrons. The molecule has 0 atom stereocenters. The normalized spacial score (nSPS) is 11.5. The lowest BCUT2D eigenvalue weighted by Gasteiger charge is -2.10. The van der Waals surface area contributed by atoms with E-state index in [4.69, 9.17) is 9.15 Å². The summed E-state index contributed by atoms with van der Waals surface area (Å²) in [7, 11) is 0. The van der Waals surface area contributed by atoms with E-state index in [0.717, 1.165) is 23.3 Å². The Hall–Kier alpha value is -4.33. The molecule has 0 fully saturated rings. The van der Waals surface area contributed by atoms with E-state index < -0.39 is 17.6 Å². The van der Waals surface area contributed by atoms with Gasteiger partial charge < -0.3 is 9.15 Å². The highest BCUT2D eigenvalue weighted by molar-refractivity contribution is 5.82. The predicted molar refractivity (Wildman–Crippen MR) is 122 cm³/mol. The first-order chi connectivity index (χ1) is 16.4. The summed E-state index contributed by atoms with van der Waals surface area (Å²) in [6, 6.07) is 24.9. The first-order valence-electron chi connectivity index (χ1n) is 10.3. The molecular formula is C26H19F3N2O3. The number of benzene rings is 3. The topological polar surface area (TPSA) is 63.8 Å². The SMILES string of the molecule is O=C(COc1ccccc1-c1ccccc1)NN=Cc1ccc(-c2cccc(C(F)(F)F)c2)o1. The third kappa shape index (κ3) is 5.72. The van der Waals surface area contributed by atoms with Crippen molar-refractivity contribution < 1.29 is 27.1 Å². The van der Waals surface area contributed by atoms with Gasteiger partial charge in [-0.1, -0.05) is 60.7 Å². The summed E-state index contributed by atoms with van der Waals surface area (Å²) in [6.07, 6.45) is -3.19. The van der Waals surface area contributed by atoms with Gasteiger partial charge in [0, 0.05) is 11.1 Å². The second-order valence-electron chi connectivity index (χ2n) is 7.22. The lowest BCUT2D eigenvalue weighted by atomic mass is 10.1. The molecule has 172 valence electrons. The van der Waals surface area contributed by atoms with E-state index in [0.29, 0.717) is 5.75 Å². The van der Waals surface area contributed by atoms with Gasteiger partial charge in [-0.15, -0.1) is 0 Å². The molecule has 0 bridgehead atoms. The Kier molecular flexibility index (Phi) is 6.77. The van der Waals surface area contributed by atoms with E-state index in [1.54, 1.807) is 6.07 Å². The molecule has 1 heterocycles. The van der Waals surface area contributed by atoms with Crippen LogP contribution in [0.25, 0.3) is 22.5 Å². The third-order valence-electron chi connectivity index (χ3n) is 4.81. The second-order valence-corrected chi connectivity index (χ2v) is 7.22. The number of nitrogens with one attached hydrogen (secondary N) is 1. The number of para-hydroxylation sites is 1. The predicted octanol–water partition coefficient (Wildman–Crippen LogP) is 6.16. The van der Waals surface area contributed by atoms with Crippen molar-refractivity contribution in [3.8, 4) is 28.2 Å². The van der Waals surface area contributed by atoms with E-state index >= 15 is 0 Å². The maximum atomic E-state index is 12.9. The van der Waals surface area contributed by atoms with Crippen molar-refractivity contribution in [1.82, 2.24) is 5.43 Å². The van der Waals surface area contributed by atoms with Crippen LogP contribution in [-0.4, -0.2) is 18.7 Å². The van der Waals surface area contributed by atoms with Crippen LogP contribution in [0.4, 0.5) is 13.2 Å². The molecule has 1 aromatic heterocycles. The minimum atomic E-state index is -4.44. The molecule has 1 N–H and O–H groups in total. The molecule has 0 saturated carbocycles. The van der Waals surface area contributed by atoms with Gasteiger partial charge in [-0.05, 0) is 35.9 Å². The fourth-order valence-electron chi connectivity index (χ4n) is 3.22. The smallest absolute Gasteiger partial charge is 0.416 e. The molecule has 3 aromatic carbocycles. The zero-order chi connectivity index (χ0) is 24.0. The van der Waals surface area contributed by atoms with Crippen LogP contribution in [0, 0.1) is 0 Å². The standard InChI is InChI=1S/C26H19F3N2O3/c27-26(28,29)20-10-6-9-19(15-20)23-14-13-21(34-23)16-30-31-25(32)17-33-24-12-5-4-11-22(24)18-7-2-1-3-8-18/h1-16H,17H2,(H,31,32). The fraction of sp³-hybridized carbons (Fsp3) is 0.0769. The summed E-state index contributed by atoms with van der Waals surface area (Å²) in [5.74, 6) is 0.594. The molecule has 0 aliphatic rings. The zero-order valence-electron chi connectivity index (χ0n) is 17.8. The van der Waals surface area contributed by atoms with Crippen LogP contribution in [0.5, 0.6) is 5.75 Å². The second kappa shape index (κ2) is 10.1. The van der Waals surface area contributed by atoms with Crippen molar-refractivity contribution >= 4 is 12.1 Å². The number of ether oxygens (including phenoxy) is 1. The zero-order valence-corrected chi connectivity index (χ0v) is 17.8. The maximum absolute atomic E-state index is 12.9. The van der Waals surface area contributed by atoms with Gasteiger partial charge in [-0.25, -0.2) is 5.43 Å². The van der Waals surface area contributed by atoms with Crippen molar-refractivity contribution in [3.05, 3.63) is 102 Å². The number of nitrogens with zero attached hydrogens (tertiary/aromatic N) is 1. The quantitative estimate of drug-likeness (QED) is 0.263. The van der Waals surface area contributed by atoms with Crippen molar-refractivity contribution in [2.24, 2.45) is 5.10 Å². The summed E-state index contributed by atoms with van der Waals surface area (Å²) in [6.45, 7) is -0.255. The van der Waals surface area contributed by atoms with Gasteiger partial charge in [0.2, 0.25) is 0 Å². The van der Waals surface area contributed by atoms with E-state index in [1.165, 1.54) is 30.5 Å². The summed E-state index contributed by atoms with van der Waals surface area (Å²) < 4.78 is 49.9. The minimum absolute atomic E-state index is 0.250. The number of furan rings is 1. The molecule has 4 aromatic rings. The highest BCUT2D eigenvalue weighted by Crippen LogP contribution is 2.32. The first kappa shape index (κ1) is 22.8. The number of hydrazone groups is 1. The van der Waals surface area contributed by atoms with Crippen LogP contribution in [0.1, 0.15) is 11.3 Å². The van der Waals surface area contributed by atoms with Gasteiger partial charge in [-0.3, -0.25) is 4.79 Å². The Morgan fingerprint density at radius 2 is 1.65 bits per heavy atom. The molecule has 0 unspecified atom stereocenters. The molecule has 34 heavy (non-hydrogen) atoms. The van der Waals surface area contributed by atoms with E-state index in [1.807, 2.05) is 48.5 Å². The molecule has 5 nitrogen and oxygen atoms in total. The van der Waals surface area contributed by atoms with Gasteiger partial charge in [0.15, 0.2) is 6.61 Å². The summed E-state index contributed by atoms with van der Waals surface area (Å²) >= 11 is 0. The summed E-state index contributed by atoms with van der Waals surface area (Å²) in [4.78, 5) is 12.1. The number of carbonyl (C=O) groups excluding carboxylic acids is 1. The molecule has 0 aliphatic heterocycles. The Morgan fingerprint density at radius 1 is 0.912 bits per heavy atom. The Labute approximate surface area is 193 Å². The van der Waals surface area contributed by atoms with Crippen LogP contribution in [0.3, 0.4) is 0 Å². The van der Waals surface area contributed by atoms with Crippen molar-refractivity contribution in [1.29, 1.82) is 0 Å². The first-order valence-corrected chi connectivity index (χ1v) is 10.3. The number of alkyl halides is 3. The Morgan fingerprint density at radius 3 is 2.44 bits per heavy atom. The van der Waals surface area contributed by atoms with Gasteiger partial charge in [0.1, 0.15) is 17.3 Å². The lowest BCUT2D eigenvalue weighted by Crippen LogP contribution is -2.24. The van der Waals surface area contributed by atoms with Gasteiger partial charge in [0.25, 0.3) is 5.91 Å². The van der Waals surface area contributed by atoms with Gasteiger partial charge >= 0.3 is 6.18 Å².